The SMILES string of the molecule is COc1cccc(C(=O)N2CCN(Cc3nnnn3-c3ccc(C)cc3)CC2)c1. The van der Waals surface area contributed by atoms with E-state index in [4.69, 9.17) is 4.74 Å². The fourth-order valence-corrected chi connectivity index (χ4v) is 3.44. The van der Waals surface area contributed by atoms with E-state index in [1.165, 1.54) is 5.56 Å². The summed E-state index contributed by atoms with van der Waals surface area (Å²) < 4.78 is 6.99. The second-order valence-electron chi connectivity index (χ2n) is 7.14. The summed E-state index contributed by atoms with van der Waals surface area (Å²) in [5, 5.41) is 12.2. The molecule has 0 N–H and O–H groups in total. The van der Waals surface area contributed by atoms with Crippen LogP contribution in [-0.4, -0.2) is 69.2 Å². The Hall–Kier alpha value is -3.26. The predicted octanol–water partition coefficient (Wildman–Crippen LogP) is 1.94. The number of methoxy groups -OCH3 is 1. The number of piperazine rings is 1. The van der Waals surface area contributed by atoms with Crippen LogP contribution in [0.15, 0.2) is 48.5 Å². The number of tetrazole rings is 1. The van der Waals surface area contributed by atoms with Crippen molar-refractivity contribution in [2.45, 2.75) is 13.5 Å². The van der Waals surface area contributed by atoms with Crippen LogP contribution in [0, 0.1) is 6.92 Å². The molecule has 3 aromatic rings. The van der Waals surface area contributed by atoms with Crippen LogP contribution < -0.4 is 4.74 Å². The van der Waals surface area contributed by atoms with Crippen LogP contribution in [0.25, 0.3) is 5.69 Å². The summed E-state index contributed by atoms with van der Waals surface area (Å²) in [7, 11) is 1.60. The van der Waals surface area contributed by atoms with E-state index in [0.29, 0.717) is 30.9 Å². The van der Waals surface area contributed by atoms with Gasteiger partial charge in [0, 0.05) is 31.7 Å². The van der Waals surface area contributed by atoms with Gasteiger partial charge in [-0.3, -0.25) is 9.69 Å². The first-order valence-corrected chi connectivity index (χ1v) is 9.64. The van der Waals surface area contributed by atoms with Crippen molar-refractivity contribution in [2.24, 2.45) is 0 Å². The molecular weight excluding hydrogens is 368 g/mol. The van der Waals surface area contributed by atoms with Crippen LogP contribution in [0.1, 0.15) is 21.7 Å². The van der Waals surface area contributed by atoms with Gasteiger partial charge < -0.3 is 9.64 Å². The number of hydrogen-bond acceptors (Lipinski definition) is 6. The molecule has 2 heterocycles. The molecule has 1 fully saturated rings. The molecule has 1 amide bonds. The van der Waals surface area contributed by atoms with Crippen LogP contribution in [0.2, 0.25) is 0 Å². The minimum atomic E-state index is 0.0352. The number of aromatic nitrogens is 4. The quantitative estimate of drug-likeness (QED) is 0.661. The number of nitrogens with zero attached hydrogens (tertiary/aromatic N) is 6. The van der Waals surface area contributed by atoms with E-state index in [1.54, 1.807) is 17.9 Å². The Bertz CT molecular complexity index is 977. The molecule has 1 saturated heterocycles. The van der Waals surface area contributed by atoms with Crippen molar-refractivity contribution in [2.75, 3.05) is 33.3 Å². The molecule has 0 saturated carbocycles. The number of amides is 1. The summed E-state index contributed by atoms with van der Waals surface area (Å²) in [5.74, 6) is 1.52. The molecular formula is C21H24N6O2. The number of carbonyl (C=O) groups excluding carboxylic acids is 1. The van der Waals surface area contributed by atoms with E-state index in [1.807, 2.05) is 47.4 Å². The van der Waals surface area contributed by atoms with E-state index in [0.717, 1.165) is 24.6 Å². The molecule has 150 valence electrons. The number of benzene rings is 2. The van der Waals surface area contributed by atoms with E-state index >= 15 is 0 Å². The maximum Gasteiger partial charge on any atom is 0.254 e. The molecule has 0 spiro atoms. The number of hydrogen-bond donors (Lipinski definition) is 0. The molecule has 1 aromatic heterocycles. The minimum absolute atomic E-state index is 0.0352. The fourth-order valence-electron chi connectivity index (χ4n) is 3.44. The summed E-state index contributed by atoms with van der Waals surface area (Å²) in [5.41, 5.74) is 2.80. The number of carbonyl (C=O) groups is 1. The highest BCUT2D eigenvalue weighted by Crippen LogP contribution is 2.17. The van der Waals surface area contributed by atoms with E-state index in [-0.39, 0.29) is 5.91 Å². The lowest BCUT2D eigenvalue weighted by atomic mass is 10.1. The van der Waals surface area contributed by atoms with Gasteiger partial charge in [-0.05, 0) is 47.7 Å². The first-order chi connectivity index (χ1) is 14.1. The molecule has 4 rings (SSSR count). The standard InChI is InChI=1S/C21H24N6O2/c1-16-6-8-18(9-7-16)27-20(22-23-24-27)15-25-10-12-26(13-11-25)21(28)17-4-3-5-19(14-17)29-2/h3-9,14H,10-13,15H2,1-2H3. The molecule has 0 aliphatic carbocycles. The van der Waals surface area contributed by atoms with Crippen LogP contribution in [-0.2, 0) is 6.54 Å². The van der Waals surface area contributed by atoms with Gasteiger partial charge in [0.25, 0.3) is 5.91 Å². The Labute approximate surface area is 169 Å². The molecule has 1 aliphatic heterocycles. The Kier molecular flexibility index (Phi) is 5.53. The second kappa shape index (κ2) is 8.40. The summed E-state index contributed by atoms with van der Waals surface area (Å²) in [6, 6.07) is 15.4. The van der Waals surface area contributed by atoms with Crippen molar-refractivity contribution in [1.82, 2.24) is 30.0 Å². The van der Waals surface area contributed by atoms with Crippen LogP contribution in [0.3, 0.4) is 0 Å². The van der Waals surface area contributed by atoms with Gasteiger partial charge in [0.15, 0.2) is 5.82 Å². The molecule has 2 aromatic carbocycles. The summed E-state index contributed by atoms with van der Waals surface area (Å²) in [4.78, 5) is 16.9. The Balaban J connectivity index is 1.38. The topological polar surface area (TPSA) is 76.4 Å². The zero-order chi connectivity index (χ0) is 20.2. The normalized spacial score (nSPS) is 14.8. The average molecular weight is 392 g/mol. The van der Waals surface area contributed by atoms with Crippen molar-refractivity contribution in [3.63, 3.8) is 0 Å². The highest BCUT2D eigenvalue weighted by molar-refractivity contribution is 5.94. The molecule has 0 radical (unpaired) electrons. The van der Waals surface area contributed by atoms with Crippen molar-refractivity contribution in [1.29, 1.82) is 0 Å². The lowest BCUT2D eigenvalue weighted by Crippen LogP contribution is -2.48. The zero-order valence-electron chi connectivity index (χ0n) is 16.7. The van der Waals surface area contributed by atoms with Crippen molar-refractivity contribution in [3.8, 4) is 11.4 Å². The zero-order valence-corrected chi connectivity index (χ0v) is 16.7. The Morgan fingerprint density at radius 1 is 1.07 bits per heavy atom. The molecule has 0 unspecified atom stereocenters. The van der Waals surface area contributed by atoms with Crippen LogP contribution >= 0.6 is 0 Å². The molecule has 29 heavy (non-hydrogen) atoms. The largest absolute Gasteiger partial charge is 0.497 e. The van der Waals surface area contributed by atoms with Crippen LogP contribution in [0.5, 0.6) is 5.75 Å². The molecule has 1 aliphatic rings. The van der Waals surface area contributed by atoms with Gasteiger partial charge in [0.05, 0.1) is 19.3 Å². The van der Waals surface area contributed by atoms with Crippen LogP contribution in [0.4, 0.5) is 0 Å². The van der Waals surface area contributed by atoms with Gasteiger partial charge in [-0.2, -0.15) is 4.68 Å². The molecule has 8 nitrogen and oxygen atoms in total. The van der Waals surface area contributed by atoms with Crippen molar-refractivity contribution < 1.29 is 9.53 Å². The average Bonchev–Trinajstić information content (AvgIpc) is 3.22. The Morgan fingerprint density at radius 2 is 1.83 bits per heavy atom. The third-order valence-corrected chi connectivity index (χ3v) is 5.15. The van der Waals surface area contributed by atoms with Gasteiger partial charge >= 0.3 is 0 Å². The smallest absolute Gasteiger partial charge is 0.254 e. The second-order valence-corrected chi connectivity index (χ2v) is 7.14. The predicted molar refractivity (Wildman–Crippen MR) is 108 cm³/mol. The lowest BCUT2D eigenvalue weighted by Gasteiger charge is -2.34. The Morgan fingerprint density at radius 3 is 2.55 bits per heavy atom. The first-order valence-electron chi connectivity index (χ1n) is 9.64. The van der Waals surface area contributed by atoms with E-state index in [9.17, 15) is 4.79 Å². The molecule has 8 heteroatoms. The number of rotatable bonds is 5. The molecule has 0 bridgehead atoms. The number of aryl methyl sites for hydroxylation is 1. The van der Waals surface area contributed by atoms with Crippen molar-refractivity contribution >= 4 is 5.91 Å². The number of ether oxygens (including phenoxy) is 1. The fraction of sp³-hybridized carbons (Fsp3) is 0.333. The monoisotopic (exact) mass is 392 g/mol. The highest BCUT2D eigenvalue weighted by Gasteiger charge is 2.24. The van der Waals surface area contributed by atoms with Crippen molar-refractivity contribution in [3.05, 3.63) is 65.5 Å². The summed E-state index contributed by atoms with van der Waals surface area (Å²) >= 11 is 0. The summed E-state index contributed by atoms with van der Waals surface area (Å²) in [6.07, 6.45) is 0. The van der Waals surface area contributed by atoms with Gasteiger partial charge in [-0.25, -0.2) is 0 Å². The van der Waals surface area contributed by atoms with E-state index < -0.39 is 0 Å². The van der Waals surface area contributed by atoms with Gasteiger partial charge in [-0.1, -0.05) is 23.8 Å². The third kappa shape index (κ3) is 4.27. The highest BCUT2D eigenvalue weighted by atomic mass is 16.5. The van der Waals surface area contributed by atoms with Gasteiger partial charge in [0.2, 0.25) is 0 Å². The third-order valence-electron chi connectivity index (χ3n) is 5.15. The lowest BCUT2D eigenvalue weighted by molar-refractivity contribution is 0.0624. The maximum absolute atomic E-state index is 12.8. The summed E-state index contributed by atoms with van der Waals surface area (Å²) in [6.45, 7) is 5.58. The van der Waals surface area contributed by atoms with Gasteiger partial charge in [-0.15, -0.1) is 5.10 Å². The maximum atomic E-state index is 12.8. The minimum Gasteiger partial charge on any atom is -0.497 e. The molecule has 0 atom stereocenters. The van der Waals surface area contributed by atoms with Gasteiger partial charge in [0.1, 0.15) is 5.75 Å². The van der Waals surface area contributed by atoms with E-state index in [2.05, 4.69) is 27.3 Å². The first kappa shape index (κ1) is 19.1.